The summed E-state index contributed by atoms with van der Waals surface area (Å²) in [6, 6.07) is 15.3. The molecule has 0 atom stereocenters. The minimum atomic E-state index is -0.360. The number of nitrogens with zero attached hydrogens (tertiary/aromatic N) is 2. The Kier molecular flexibility index (Phi) is 4.96. The molecule has 25 heavy (non-hydrogen) atoms. The maximum Gasteiger partial charge on any atom is 0.234 e. The number of fused-ring (bicyclic) bond motifs is 1. The van der Waals surface area contributed by atoms with Crippen molar-refractivity contribution < 1.29 is 9.18 Å². The number of nitrogens with one attached hydrogen (secondary N) is 1. The summed E-state index contributed by atoms with van der Waals surface area (Å²) in [4.78, 5) is 16.5. The summed E-state index contributed by atoms with van der Waals surface area (Å²) in [7, 11) is 0. The molecule has 124 valence electrons. The van der Waals surface area contributed by atoms with Crippen molar-refractivity contribution in [1.29, 1.82) is 5.26 Å². The Morgan fingerprint density at radius 2 is 2.00 bits per heavy atom. The quantitative estimate of drug-likeness (QED) is 0.712. The molecule has 0 bridgehead atoms. The normalized spacial score (nSPS) is 10.4. The highest BCUT2D eigenvalue weighted by molar-refractivity contribution is 8.00. The predicted octanol–water partition coefficient (Wildman–Crippen LogP) is 4.28. The maximum atomic E-state index is 12.9. The number of benzene rings is 2. The number of nitriles is 1. The van der Waals surface area contributed by atoms with Crippen molar-refractivity contribution >= 4 is 34.3 Å². The van der Waals surface area contributed by atoms with E-state index >= 15 is 0 Å². The number of carbonyl (C=O) groups excluding carboxylic acids is 1. The molecule has 0 aliphatic carbocycles. The molecule has 3 aromatic rings. The maximum absolute atomic E-state index is 12.9. The average Bonchev–Trinajstić information content (AvgIpc) is 2.61. The Morgan fingerprint density at radius 3 is 2.72 bits per heavy atom. The van der Waals surface area contributed by atoms with E-state index in [0.29, 0.717) is 16.3 Å². The van der Waals surface area contributed by atoms with E-state index in [1.807, 2.05) is 25.1 Å². The molecule has 1 aromatic heterocycles. The molecule has 4 nitrogen and oxygen atoms in total. The number of hydrogen-bond donors (Lipinski definition) is 1. The lowest BCUT2D eigenvalue weighted by Crippen LogP contribution is -2.14. The molecule has 0 aliphatic rings. The second kappa shape index (κ2) is 7.32. The molecule has 0 fully saturated rings. The fourth-order valence-corrected chi connectivity index (χ4v) is 3.10. The summed E-state index contributed by atoms with van der Waals surface area (Å²) < 4.78 is 12.9. The van der Waals surface area contributed by atoms with Crippen molar-refractivity contribution in [3.8, 4) is 6.07 Å². The fraction of sp³-hybridized carbons (Fsp3) is 0.105. The lowest BCUT2D eigenvalue weighted by atomic mass is 10.1. The van der Waals surface area contributed by atoms with Crippen molar-refractivity contribution in [3.63, 3.8) is 0 Å². The molecule has 3 rings (SSSR count). The summed E-state index contributed by atoms with van der Waals surface area (Å²) in [6.45, 7) is 1.98. The van der Waals surface area contributed by atoms with Crippen molar-refractivity contribution in [2.45, 2.75) is 11.9 Å². The van der Waals surface area contributed by atoms with E-state index in [4.69, 9.17) is 0 Å². The molecule has 6 heteroatoms. The Morgan fingerprint density at radius 1 is 1.24 bits per heavy atom. The van der Waals surface area contributed by atoms with Crippen LogP contribution in [0.15, 0.2) is 53.6 Å². The molecule has 0 unspecified atom stereocenters. The minimum absolute atomic E-state index is 0.108. The van der Waals surface area contributed by atoms with E-state index in [9.17, 15) is 14.4 Å². The van der Waals surface area contributed by atoms with E-state index in [1.165, 1.54) is 36.0 Å². The van der Waals surface area contributed by atoms with Gasteiger partial charge in [0.1, 0.15) is 16.9 Å². The number of carbonyl (C=O) groups is 1. The van der Waals surface area contributed by atoms with Gasteiger partial charge in [0, 0.05) is 11.1 Å². The van der Waals surface area contributed by atoms with Crippen LogP contribution in [0, 0.1) is 24.1 Å². The van der Waals surface area contributed by atoms with Crippen molar-refractivity contribution in [2.75, 3.05) is 11.1 Å². The molecule has 1 heterocycles. The van der Waals surface area contributed by atoms with Crippen LogP contribution in [0.4, 0.5) is 10.1 Å². The third kappa shape index (κ3) is 4.14. The first-order chi connectivity index (χ1) is 12.0. The summed E-state index contributed by atoms with van der Waals surface area (Å²) in [5, 5.41) is 13.4. The molecule has 2 aromatic carbocycles. The summed E-state index contributed by atoms with van der Waals surface area (Å²) >= 11 is 1.20. The smallest absolute Gasteiger partial charge is 0.234 e. The lowest BCUT2D eigenvalue weighted by Gasteiger charge is -2.07. The molecule has 0 spiro atoms. The zero-order chi connectivity index (χ0) is 17.8. The first kappa shape index (κ1) is 16.9. The van der Waals surface area contributed by atoms with Gasteiger partial charge in [-0.05, 0) is 49.4 Å². The Bertz CT molecular complexity index is 980. The molecular formula is C19H14FN3OS. The van der Waals surface area contributed by atoms with Gasteiger partial charge in [0.25, 0.3) is 0 Å². The lowest BCUT2D eigenvalue weighted by molar-refractivity contribution is -0.113. The first-order valence-corrected chi connectivity index (χ1v) is 8.53. The van der Waals surface area contributed by atoms with Crippen LogP contribution in [0.5, 0.6) is 0 Å². The highest BCUT2D eigenvalue weighted by Crippen LogP contribution is 2.25. The Hall–Kier alpha value is -2.91. The van der Waals surface area contributed by atoms with Crippen LogP contribution in [0.2, 0.25) is 0 Å². The Balaban J connectivity index is 1.73. The summed E-state index contributed by atoms with van der Waals surface area (Å²) in [5.74, 6) is -0.496. The van der Waals surface area contributed by atoms with Gasteiger partial charge in [0.05, 0.1) is 16.8 Å². The van der Waals surface area contributed by atoms with Gasteiger partial charge in [-0.2, -0.15) is 5.26 Å². The number of aromatic nitrogens is 1. The van der Waals surface area contributed by atoms with E-state index in [2.05, 4.69) is 16.4 Å². The number of anilines is 1. The van der Waals surface area contributed by atoms with E-state index in [-0.39, 0.29) is 17.5 Å². The second-order valence-corrected chi connectivity index (χ2v) is 6.46. The zero-order valence-corrected chi connectivity index (χ0v) is 14.2. The molecule has 0 saturated carbocycles. The highest BCUT2D eigenvalue weighted by atomic mass is 32.2. The Labute approximate surface area is 148 Å². The molecule has 1 amide bonds. The highest BCUT2D eigenvalue weighted by Gasteiger charge is 2.11. The van der Waals surface area contributed by atoms with Gasteiger partial charge in [-0.3, -0.25) is 4.79 Å². The number of hydrogen-bond acceptors (Lipinski definition) is 4. The number of aryl methyl sites for hydroxylation is 1. The van der Waals surface area contributed by atoms with Gasteiger partial charge in [0.15, 0.2) is 0 Å². The monoisotopic (exact) mass is 351 g/mol. The predicted molar refractivity (Wildman–Crippen MR) is 96.9 cm³/mol. The molecule has 0 saturated heterocycles. The molecule has 0 aliphatic heterocycles. The van der Waals surface area contributed by atoms with Gasteiger partial charge in [-0.15, -0.1) is 0 Å². The van der Waals surface area contributed by atoms with Crippen molar-refractivity contribution in [1.82, 2.24) is 4.98 Å². The average molecular weight is 351 g/mol. The third-order valence-corrected chi connectivity index (χ3v) is 4.51. The van der Waals surface area contributed by atoms with Crippen molar-refractivity contribution in [2.24, 2.45) is 0 Å². The largest absolute Gasteiger partial charge is 0.325 e. The molecular weight excluding hydrogens is 337 g/mol. The van der Waals surface area contributed by atoms with Gasteiger partial charge in [0.2, 0.25) is 5.91 Å². The SMILES string of the molecule is Cc1ccc2nc(SCC(=O)Nc3ccc(F)cc3)c(C#N)cc2c1. The summed E-state index contributed by atoms with van der Waals surface area (Å²) in [6.07, 6.45) is 0. The van der Waals surface area contributed by atoms with Crippen LogP contribution in [-0.2, 0) is 4.79 Å². The third-order valence-electron chi connectivity index (χ3n) is 3.52. The number of rotatable bonds is 4. The van der Waals surface area contributed by atoms with Crippen LogP contribution < -0.4 is 5.32 Å². The van der Waals surface area contributed by atoms with Crippen LogP contribution in [0.3, 0.4) is 0 Å². The number of pyridine rings is 1. The number of halogens is 1. The molecule has 0 radical (unpaired) electrons. The minimum Gasteiger partial charge on any atom is -0.325 e. The van der Waals surface area contributed by atoms with Crippen LogP contribution in [0.25, 0.3) is 10.9 Å². The van der Waals surface area contributed by atoms with E-state index in [0.717, 1.165) is 16.5 Å². The number of thioether (sulfide) groups is 1. The second-order valence-electron chi connectivity index (χ2n) is 5.49. The molecule has 1 N–H and O–H groups in total. The summed E-state index contributed by atoms with van der Waals surface area (Å²) in [5.41, 5.74) is 2.84. The van der Waals surface area contributed by atoms with Crippen molar-refractivity contribution in [3.05, 3.63) is 65.5 Å². The topological polar surface area (TPSA) is 65.8 Å². The first-order valence-electron chi connectivity index (χ1n) is 7.55. The number of amides is 1. The van der Waals surface area contributed by atoms with E-state index < -0.39 is 0 Å². The zero-order valence-electron chi connectivity index (χ0n) is 13.4. The fourth-order valence-electron chi connectivity index (χ4n) is 2.33. The van der Waals surface area contributed by atoms with Gasteiger partial charge < -0.3 is 5.32 Å². The van der Waals surface area contributed by atoms with Crippen LogP contribution >= 0.6 is 11.8 Å². The van der Waals surface area contributed by atoms with Crippen LogP contribution in [0.1, 0.15) is 11.1 Å². The van der Waals surface area contributed by atoms with E-state index in [1.54, 1.807) is 6.07 Å². The van der Waals surface area contributed by atoms with Crippen LogP contribution in [-0.4, -0.2) is 16.6 Å². The van der Waals surface area contributed by atoms with Gasteiger partial charge in [-0.25, -0.2) is 9.37 Å². The van der Waals surface area contributed by atoms with Gasteiger partial charge >= 0.3 is 0 Å². The van der Waals surface area contributed by atoms with Gasteiger partial charge in [-0.1, -0.05) is 23.4 Å². The standard InChI is InChI=1S/C19H14FN3OS/c1-12-2-7-17-13(8-12)9-14(10-21)19(23-17)25-11-18(24)22-16-5-3-15(20)4-6-16/h2-9H,11H2,1H3,(H,22,24).